The Hall–Kier alpha value is -3.07. The van der Waals surface area contributed by atoms with Gasteiger partial charge in [-0.1, -0.05) is 0 Å². The maximum absolute atomic E-state index is 12.3. The first-order chi connectivity index (χ1) is 12.8. The number of anilines is 1. The molecule has 0 aliphatic carbocycles. The highest BCUT2D eigenvalue weighted by Gasteiger charge is 2.23. The van der Waals surface area contributed by atoms with Gasteiger partial charge in [0.25, 0.3) is 11.6 Å². The molecule has 0 bridgehead atoms. The molecule has 0 fully saturated rings. The standard InChI is InChI=1S/C18H18N2O6S/c1-11(26-18(22)12-4-7-14(27-3)8-5-12)17(21)19-15-9-6-13(25-2)10-16(15)20(23)24/h4-11H,1-3H3,(H,19,21)/t11-/m0/s1. The van der Waals surface area contributed by atoms with Crippen molar-refractivity contribution in [2.75, 3.05) is 18.7 Å². The number of carbonyl (C=O) groups excluding carboxylic acids is 2. The Morgan fingerprint density at radius 3 is 2.41 bits per heavy atom. The quantitative estimate of drug-likeness (QED) is 0.333. The van der Waals surface area contributed by atoms with Crippen molar-refractivity contribution >= 4 is 35.0 Å². The van der Waals surface area contributed by atoms with E-state index in [4.69, 9.17) is 9.47 Å². The Labute approximate surface area is 160 Å². The van der Waals surface area contributed by atoms with Crippen LogP contribution in [0.25, 0.3) is 0 Å². The lowest BCUT2D eigenvalue weighted by molar-refractivity contribution is -0.384. The highest BCUT2D eigenvalue weighted by molar-refractivity contribution is 7.98. The maximum Gasteiger partial charge on any atom is 0.338 e. The van der Waals surface area contributed by atoms with Gasteiger partial charge in [0.2, 0.25) is 0 Å². The Bertz CT molecular complexity index is 853. The fourth-order valence-electron chi connectivity index (χ4n) is 2.14. The fraction of sp³-hybridized carbons (Fsp3) is 0.222. The van der Waals surface area contributed by atoms with Gasteiger partial charge in [-0.2, -0.15) is 0 Å². The van der Waals surface area contributed by atoms with Crippen molar-refractivity contribution in [1.29, 1.82) is 0 Å². The maximum atomic E-state index is 12.3. The Morgan fingerprint density at radius 2 is 1.85 bits per heavy atom. The van der Waals surface area contributed by atoms with Gasteiger partial charge in [0, 0.05) is 4.90 Å². The number of nitrogens with one attached hydrogen (secondary N) is 1. The summed E-state index contributed by atoms with van der Waals surface area (Å²) in [6.07, 6.45) is 0.775. The largest absolute Gasteiger partial charge is 0.496 e. The predicted octanol–water partition coefficient (Wildman–Crippen LogP) is 3.51. The van der Waals surface area contributed by atoms with E-state index in [-0.39, 0.29) is 17.1 Å². The zero-order chi connectivity index (χ0) is 20.0. The van der Waals surface area contributed by atoms with Crippen LogP contribution in [0.2, 0.25) is 0 Å². The molecule has 2 rings (SSSR count). The van der Waals surface area contributed by atoms with Crippen LogP contribution in [0.5, 0.6) is 5.75 Å². The van der Waals surface area contributed by atoms with E-state index in [1.54, 1.807) is 24.3 Å². The first-order valence-corrected chi connectivity index (χ1v) is 9.06. The molecular weight excluding hydrogens is 372 g/mol. The second kappa shape index (κ2) is 9.04. The van der Waals surface area contributed by atoms with E-state index < -0.39 is 22.9 Å². The molecule has 0 aromatic heterocycles. The summed E-state index contributed by atoms with van der Waals surface area (Å²) in [5.74, 6) is -1.06. The van der Waals surface area contributed by atoms with Crippen molar-refractivity contribution < 1.29 is 24.0 Å². The fourth-order valence-corrected chi connectivity index (χ4v) is 2.55. The number of methoxy groups -OCH3 is 1. The van der Waals surface area contributed by atoms with E-state index in [1.165, 1.54) is 44.0 Å². The SMILES string of the molecule is COc1ccc(NC(=O)[C@H](C)OC(=O)c2ccc(SC)cc2)c([N+](=O)[O-])c1. The third-order valence-electron chi connectivity index (χ3n) is 3.64. The number of amides is 1. The van der Waals surface area contributed by atoms with Gasteiger partial charge >= 0.3 is 5.97 Å². The first-order valence-electron chi connectivity index (χ1n) is 7.84. The molecule has 0 saturated carbocycles. The molecule has 1 atom stereocenters. The molecule has 0 radical (unpaired) electrons. The van der Waals surface area contributed by atoms with Crippen LogP contribution in [0, 0.1) is 10.1 Å². The molecular formula is C18H18N2O6S. The number of hydrogen-bond acceptors (Lipinski definition) is 7. The van der Waals surface area contributed by atoms with E-state index in [1.807, 2.05) is 6.26 Å². The summed E-state index contributed by atoms with van der Waals surface area (Å²) in [6.45, 7) is 1.39. The second-order valence-electron chi connectivity index (χ2n) is 5.41. The number of nitrogens with zero attached hydrogens (tertiary/aromatic N) is 1. The van der Waals surface area contributed by atoms with Gasteiger partial charge in [-0.15, -0.1) is 11.8 Å². The number of ether oxygens (including phenoxy) is 2. The highest BCUT2D eigenvalue weighted by atomic mass is 32.2. The molecule has 0 unspecified atom stereocenters. The van der Waals surface area contributed by atoms with Gasteiger partial charge in [0.15, 0.2) is 6.10 Å². The van der Waals surface area contributed by atoms with Crippen molar-refractivity contribution in [1.82, 2.24) is 0 Å². The van der Waals surface area contributed by atoms with Crippen LogP contribution >= 0.6 is 11.8 Å². The summed E-state index contributed by atoms with van der Waals surface area (Å²) in [7, 11) is 1.38. The summed E-state index contributed by atoms with van der Waals surface area (Å²) < 4.78 is 10.1. The van der Waals surface area contributed by atoms with Gasteiger partial charge in [-0.3, -0.25) is 14.9 Å². The lowest BCUT2D eigenvalue weighted by Crippen LogP contribution is -2.30. The van der Waals surface area contributed by atoms with Crippen LogP contribution in [0.3, 0.4) is 0 Å². The van der Waals surface area contributed by atoms with Crippen LogP contribution in [-0.2, 0) is 9.53 Å². The third-order valence-corrected chi connectivity index (χ3v) is 4.38. The van der Waals surface area contributed by atoms with Crippen molar-refractivity contribution in [2.45, 2.75) is 17.9 Å². The van der Waals surface area contributed by atoms with Crippen molar-refractivity contribution in [3.05, 3.63) is 58.1 Å². The van der Waals surface area contributed by atoms with E-state index in [0.717, 1.165) is 4.90 Å². The molecule has 2 aromatic carbocycles. The average Bonchev–Trinajstić information content (AvgIpc) is 2.67. The van der Waals surface area contributed by atoms with Crippen LogP contribution < -0.4 is 10.1 Å². The summed E-state index contributed by atoms with van der Waals surface area (Å²) >= 11 is 1.54. The molecule has 0 aliphatic rings. The van der Waals surface area contributed by atoms with E-state index in [9.17, 15) is 19.7 Å². The minimum absolute atomic E-state index is 0.0157. The molecule has 0 saturated heterocycles. The molecule has 142 valence electrons. The summed E-state index contributed by atoms with van der Waals surface area (Å²) in [6, 6.07) is 10.8. The summed E-state index contributed by atoms with van der Waals surface area (Å²) in [5.41, 5.74) is -0.0326. The van der Waals surface area contributed by atoms with E-state index in [0.29, 0.717) is 5.56 Å². The lowest BCUT2D eigenvalue weighted by Gasteiger charge is -2.14. The first kappa shape index (κ1) is 20.2. The molecule has 8 nitrogen and oxygen atoms in total. The molecule has 0 heterocycles. The lowest BCUT2D eigenvalue weighted by atomic mass is 10.2. The van der Waals surface area contributed by atoms with Crippen molar-refractivity contribution in [3.8, 4) is 5.75 Å². The minimum atomic E-state index is -1.14. The Morgan fingerprint density at radius 1 is 1.19 bits per heavy atom. The van der Waals surface area contributed by atoms with Gasteiger partial charge < -0.3 is 14.8 Å². The predicted molar refractivity (Wildman–Crippen MR) is 101 cm³/mol. The number of nitro groups is 1. The number of thioether (sulfide) groups is 1. The molecule has 0 aliphatic heterocycles. The second-order valence-corrected chi connectivity index (χ2v) is 6.29. The zero-order valence-corrected chi connectivity index (χ0v) is 15.7. The number of benzene rings is 2. The number of hydrogen-bond donors (Lipinski definition) is 1. The normalized spacial score (nSPS) is 11.4. The van der Waals surface area contributed by atoms with Crippen LogP contribution in [-0.4, -0.2) is 36.3 Å². The van der Waals surface area contributed by atoms with Crippen LogP contribution in [0.4, 0.5) is 11.4 Å². The summed E-state index contributed by atoms with van der Waals surface area (Å²) in [5, 5.41) is 13.6. The zero-order valence-electron chi connectivity index (χ0n) is 14.9. The Balaban J connectivity index is 2.07. The third kappa shape index (κ3) is 5.20. The highest BCUT2D eigenvalue weighted by Crippen LogP contribution is 2.29. The molecule has 27 heavy (non-hydrogen) atoms. The molecule has 2 aromatic rings. The number of nitro benzene ring substituents is 1. The van der Waals surface area contributed by atoms with Crippen molar-refractivity contribution in [3.63, 3.8) is 0 Å². The number of carbonyl (C=O) groups is 2. The van der Waals surface area contributed by atoms with Crippen LogP contribution in [0.1, 0.15) is 17.3 Å². The van der Waals surface area contributed by atoms with Gasteiger partial charge in [-0.25, -0.2) is 4.79 Å². The monoisotopic (exact) mass is 390 g/mol. The van der Waals surface area contributed by atoms with E-state index in [2.05, 4.69) is 5.32 Å². The smallest absolute Gasteiger partial charge is 0.338 e. The number of rotatable bonds is 7. The van der Waals surface area contributed by atoms with E-state index >= 15 is 0 Å². The number of esters is 1. The minimum Gasteiger partial charge on any atom is -0.496 e. The van der Waals surface area contributed by atoms with Gasteiger partial charge in [0.05, 0.1) is 23.7 Å². The molecule has 9 heteroatoms. The molecule has 1 N–H and O–H groups in total. The average molecular weight is 390 g/mol. The van der Waals surface area contributed by atoms with Crippen LogP contribution in [0.15, 0.2) is 47.4 Å². The summed E-state index contributed by atoms with van der Waals surface area (Å²) in [4.78, 5) is 35.9. The van der Waals surface area contributed by atoms with Gasteiger partial charge in [0.1, 0.15) is 11.4 Å². The van der Waals surface area contributed by atoms with Gasteiger partial charge in [-0.05, 0) is 49.6 Å². The van der Waals surface area contributed by atoms with Crippen molar-refractivity contribution in [2.24, 2.45) is 0 Å². The topological polar surface area (TPSA) is 108 Å². The Kier molecular flexibility index (Phi) is 6.78. The molecule has 1 amide bonds. The molecule has 0 spiro atoms.